The quantitative estimate of drug-likeness (QED) is 0.866. The number of hydrogen-bond acceptors (Lipinski definition) is 2. The second-order valence-electron chi connectivity index (χ2n) is 5.12. The number of carbonyl (C=O) groups excluding carboxylic acids is 1. The van der Waals surface area contributed by atoms with Gasteiger partial charge < -0.3 is 10.4 Å². The van der Waals surface area contributed by atoms with Crippen LogP contribution >= 0.6 is 0 Å². The lowest BCUT2D eigenvalue weighted by Gasteiger charge is -2.27. The van der Waals surface area contributed by atoms with Gasteiger partial charge in [0.15, 0.2) is 0 Å². The zero-order chi connectivity index (χ0) is 13.9. The van der Waals surface area contributed by atoms with Gasteiger partial charge in [0.25, 0.3) is 5.91 Å². The first-order valence-corrected chi connectivity index (χ1v) is 5.51. The average molecular weight is 253 g/mol. The van der Waals surface area contributed by atoms with Gasteiger partial charge in [0, 0.05) is 5.56 Å². The summed E-state index contributed by atoms with van der Waals surface area (Å²) in [5.41, 5.74) is -0.381. The van der Waals surface area contributed by atoms with Gasteiger partial charge in [-0.2, -0.15) is 0 Å². The molecule has 2 N–H and O–H groups in total. The zero-order valence-electron chi connectivity index (χ0n) is 10.5. The third-order valence-corrected chi connectivity index (χ3v) is 2.49. The lowest BCUT2D eigenvalue weighted by molar-refractivity contribution is -0.142. The second-order valence-corrected chi connectivity index (χ2v) is 5.12. The molecule has 1 atom stereocenters. The van der Waals surface area contributed by atoms with Gasteiger partial charge >= 0.3 is 5.97 Å². The molecule has 4 nitrogen and oxygen atoms in total. The Hall–Kier alpha value is -1.91. The van der Waals surface area contributed by atoms with E-state index in [9.17, 15) is 14.0 Å². The molecule has 18 heavy (non-hydrogen) atoms. The number of aliphatic carboxylic acids is 1. The Bertz CT molecular complexity index is 448. The minimum absolute atomic E-state index is 0.229. The highest BCUT2D eigenvalue weighted by Crippen LogP contribution is 2.20. The molecule has 0 aliphatic carbocycles. The van der Waals surface area contributed by atoms with Crippen LogP contribution in [0.3, 0.4) is 0 Å². The molecule has 1 amide bonds. The Kier molecular flexibility index (Phi) is 4.06. The SMILES string of the molecule is CC(C)(C)[C@@H](NC(=O)c1ccc(F)cc1)C(=O)O. The molecule has 5 heteroatoms. The van der Waals surface area contributed by atoms with Crippen molar-refractivity contribution < 1.29 is 19.1 Å². The van der Waals surface area contributed by atoms with Gasteiger partial charge in [-0.25, -0.2) is 9.18 Å². The number of carbonyl (C=O) groups is 2. The topological polar surface area (TPSA) is 66.4 Å². The van der Waals surface area contributed by atoms with Gasteiger partial charge in [-0.15, -0.1) is 0 Å². The summed E-state index contributed by atoms with van der Waals surface area (Å²) in [4.78, 5) is 22.9. The maximum Gasteiger partial charge on any atom is 0.326 e. The Morgan fingerprint density at radius 1 is 1.22 bits per heavy atom. The van der Waals surface area contributed by atoms with Crippen LogP contribution in [0.1, 0.15) is 31.1 Å². The smallest absolute Gasteiger partial charge is 0.326 e. The van der Waals surface area contributed by atoms with E-state index in [2.05, 4.69) is 5.32 Å². The molecule has 0 saturated carbocycles. The van der Waals surface area contributed by atoms with E-state index in [1.165, 1.54) is 12.1 Å². The van der Waals surface area contributed by atoms with E-state index in [0.717, 1.165) is 12.1 Å². The Morgan fingerprint density at radius 2 is 1.72 bits per heavy atom. The Morgan fingerprint density at radius 3 is 2.11 bits per heavy atom. The normalized spacial score (nSPS) is 12.9. The fourth-order valence-corrected chi connectivity index (χ4v) is 1.46. The highest BCUT2D eigenvalue weighted by Gasteiger charge is 2.32. The maximum absolute atomic E-state index is 12.7. The molecule has 0 unspecified atom stereocenters. The fraction of sp³-hybridized carbons (Fsp3) is 0.385. The van der Waals surface area contributed by atoms with Crippen molar-refractivity contribution in [1.82, 2.24) is 5.32 Å². The van der Waals surface area contributed by atoms with Crippen LogP contribution < -0.4 is 5.32 Å². The number of benzene rings is 1. The molecule has 1 aromatic rings. The summed E-state index contributed by atoms with van der Waals surface area (Å²) in [5, 5.41) is 11.5. The number of hydrogen-bond donors (Lipinski definition) is 2. The fourth-order valence-electron chi connectivity index (χ4n) is 1.46. The number of nitrogens with one attached hydrogen (secondary N) is 1. The summed E-state index contributed by atoms with van der Waals surface area (Å²) >= 11 is 0. The first-order chi connectivity index (χ1) is 8.21. The molecule has 1 aromatic carbocycles. The monoisotopic (exact) mass is 253 g/mol. The molecule has 0 bridgehead atoms. The van der Waals surface area contributed by atoms with Crippen LogP contribution in [0.15, 0.2) is 24.3 Å². The van der Waals surface area contributed by atoms with Crippen LogP contribution in [0.25, 0.3) is 0 Å². The molecular weight excluding hydrogens is 237 g/mol. The summed E-state index contributed by atoms with van der Waals surface area (Å²) in [6.07, 6.45) is 0. The number of carboxylic acid groups (broad SMARTS) is 1. The molecule has 0 saturated heterocycles. The van der Waals surface area contributed by atoms with Crippen LogP contribution in [-0.2, 0) is 4.79 Å². The third kappa shape index (κ3) is 3.55. The van der Waals surface area contributed by atoms with E-state index in [0.29, 0.717) is 0 Å². The predicted octanol–water partition coefficient (Wildman–Crippen LogP) is 2.05. The van der Waals surface area contributed by atoms with Crippen molar-refractivity contribution in [3.63, 3.8) is 0 Å². The molecule has 0 spiro atoms. The van der Waals surface area contributed by atoms with E-state index in [4.69, 9.17) is 5.11 Å². The van der Waals surface area contributed by atoms with Crippen molar-refractivity contribution in [2.75, 3.05) is 0 Å². The summed E-state index contributed by atoms with van der Waals surface area (Å²) in [6.45, 7) is 5.16. The predicted molar refractivity (Wildman–Crippen MR) is 64.7 cm³/mol. The van der Waals surface area contributed by atoms with Gasteiger partial charge in [-0.1, -0.05) is 20.8 Å². The molecule has 0 aliphatic heterocycles. The van der Waals surface area contributed by atoms with Crippen LogP contribution in [0.2, 0.25) is 0 Å². The van der Waals surface area contributed by atoms with E-state index < -0.39 is 29.2 Å². The van der Waals surface area contributed by atoms with Crippen LogP contribution in [0.4, 0.5) is 4.39 Å². The van der Waals surface area contributed by atoms with Gasteiger partial charge in [0.1, 0.15) is 11.9 Å². The molecular formula is C13H16FNO3. The first-order valence-electron chi connectivity index (χ1n) is 5.51. The van der Waals surface area contributed by atoms with Gasteiger partial charge in [0.2, 0.25) is 0 Å². The summed E-state index contributed by atoms with van der Waals surface area (Å²) < 4.78 is 12.7. The van der Waals surface area contributed by atoms with Crippen molar-refractivity contribution in [2.45, 2.75) is 26.8 Å². The second kappa shape index (κ2) is 5.16. The molecule has 0 aromatic heterocycles. The van der Waals surface area contributed by atoms with E-state index in [1.54, 1.807) is 20.8 Å². The Balaban J connectivity index is 2.86. The van der Waals surface area contributed by atoms with E-state index >= 15 is 0 Å². The highest BCUT2D eigenvalue weighted by molar-refractivity contribution is 5.96. The van der Waals surface area contributed by atoms with Crippen LogP contribution in [0, 0.1) is 11.2 Å². The van der Waals surface area contributed by atoms with Crippen molar-refractivity contribution in [3.8, 4) is 0 Å². The van der Waals surface area contributed by atoms with E-state index in [1.807, 2.05) is 0 Å². The average Bonchev–Trinajstić information content (AvgIpc) is 2.24. The summed E-state index contributed by atoms with van der Waals surface area (Å²) in [5.74, 6) is -2.08. The van der Waals surface area contributed by atoms with Gasteiger partial charge in [0.05, 0.1) is 0 Å². The minimum Gasteiger partial charge on any atom is -0.480 e. The molecule has 98 valence electrons. The molecule has 0 fully saturated rings. The number of carboxylic acids is 1. The lowest BCUT2D eigenvalue weighted by Crippen LogP contribution is -2.49. The molecule has 1 rings (SSSR count). The summed E-state index contributed by atoms with van der Waals surface area (Å²) in [6, 6.07) is 3.93. The molecule has 0 radical (unpaired) electrons. The zero-order valence-corrected chi connectivity index (χ0v) is 10.5. The summed E-state index contributed by atoms with van der Waals surface area (Å²) in [7, 11) is 0. The van der Waals surface area contributed by atoms with Crippen molar-refractivity contribution in [1.29, 1.82) is 0 Å². The minimum atomic E-state index is -1.10. The first kappa shape index (κ1) is 14.2. The standard InChI is InChI=1S/C13H16FNO3/c1-13(2,3)10(12(17)18)15-11(16)8-4-6-9(14)7-5-8/h4-7,10H,1-3H3,(H,15,16)(H,17,18)/t10-/m0/s1. The van der Waals surface area contributed by atoms with Crippen LogP contribution in [-0.4, -0.2) is 23.0 Å². The van der Waals surface area contributed by atoms with Gasteiger partial charge in [-0.3, -0.25) is 4.79 Å². The Labute approximate surface area is 105 Å². The maximum atomic E-state index is 12.7. The van der Waals surface area contributed by atoms with Crippen molar-refractivity contribution in [2.24, 2.45) is 5.41 Å². The number of halogens is 1. The lowest BCUT2D eigenvalue weighted by atomic mass is 9.86. The van der Waals surface area contributed by atoms with Crippen molar-refractivity contribution >= 4 is 11.9 Å². The van der Waals surface area contributed by atoms with Crippen LogP contribution in [0.5, 0.6) is 0 Å². The number of amides is 1. The number of rotatable bonds is 3. The molecule has 0 heterocycles. The van der Waals surface area contributed by atoms with Gasteiger partial charge in [-0.05, 0) is 29.7 Å². The largest absolute Gasteiger partial charge is 0.480 e. The third-order valence-electron chi connectivity index (χ3n) is 2.49. The van der Waals surface area contributed by atoms with Crippen molar-refractivity contribution in [3.05, 3.63) is 35.6 Å². The van der Waals surface area contributed by atoms with E-state index in [-0.39, 0.29) is 5.56 Å². The highest BCUT2D eigenvalue weighted by atomic mass is 19.1. The molecule has 0 aliphatic rings.